The molecule has 2 N–H and O–H groups in total. The maximum Gasteiger partial charge on any atom is 0.329 e. The van der Waals surface area contributed by atoms with Crippen molar-refractivity contribution in [2.75, 3.05) is 6.54 Å². The van der Waals surface area contributed by atoms with Gasteiger partial charge in [-0.15, -0.1) is 11.3 Å². The first-order valence-corrected chi connectivity index (χ1v) is 5.26. The molecule has 0 fully saturated rings. The van der Waals surface area contributed by atoms with Crippen LogP contribution in [0.2, 0.25) is 0 Å². The Morgan fingerprint density at radius 2 is 2.33 bits per heavy atom. The number of carbonyl (C=O) groups is 2. The zero-order valence-corrected chi connectivity index (χ0v) is 9.00. The van der Waals surface area contributed by atoms with E-state index >= 15 is 0 Å². The van der Waals surface area contributed by atoms with Gasteiger partial charge in [0, 0.05) is 11.4 Å². The highest BCUT2D eigenvalue weighted by molar-refractivity contribution is 7.11. The molecule has 0 saturated carbocycles. The van der Waals surface area contributed by atoms with Gasteiger partial charge >= 0.3 is 11.8 Å². The van der Waals surface area contributed by atoms with Gasteiger partial charge in [-0.1, -0.05) is 6.07 Å². The number of carbonyl (C=O) groups excluding carboxylic acids is 2. The molecule has 1 aromatic heterocycles. The highest BCUT2D eigenvalue weighted by Crippen LogP contribution is 2.03. The number of likely N-dealkylation sites (N-methyl/N-ethyl adjacent to an activating group) is 1. The molecule has 0 aromatic carbocycles. The Balaban J connectivity index is 2.37. The molecule has 0 aliphatic carbocycles. The first-order chi connectivity index (χ1) is 7.24. The Labute approximate surface area is 91.2 Å². The minimum absolute atomic E-state index is 0.418. The lowest BCUT2D eigenvalue weighted by Crippen LogP contribution is -2.37. The molecule has 0 saturated heterocycles. The second-order valence-corrected chi connectivity index (χ2v) is 3.55. The number of hydrogen-bond donors (Lipinski definition) is 2. The molecule has 0 atom stereocenters. The van der Waals surface area contributed by atoms with E-state index < -0.39 is 11.8 Å². The molecule has 2 amide bonds. The van der Waals surface area contributed by atoms with Gasteiger partial charge in [0.05, 0.1) is 6.21 Å². The zero-order valence-electron chi connectivity index (χ0n) is 8.19. The van der Waals surface area contributed by atoms with Crippen molar-refractivity contribution in [1.29, 1.82) is 0 Å². The van der Waals surface area contributed by atoms with Crippen LogP contribution in [0.25, 0.3) is 0 Å². The number of nitrogens with one attached hydrogen (secondary N) is 2. The number of hydrazone groups is 1. The van der Waals surface area contributed by atoms with Crippen molar-refractivity contribution in [3.63, 3.8) is 0 Å². The van der Waals surface area contributed by atoms with E-state index in [1.807, 2.05) is 17.5 Å². The molecule has 0 unspecified atom stereocenters. The molecule has 0 bridgehead atoms. The molecular weight excluding hydrogens is 214 g/mol. The number of nitrogens with zero attached hydrogens (tertiary/aromatic N) is 1. The second-order valence-electron chi connectivity index (χ2n) is 2.57. The summed E-state index contributed by atoms with van der Waals surface area (Å²) in [4.78, 5) is 22.9. The Morgan fingerprint density at radius 1 is 1.53 bits per heavy atom. The van der Waals surface area contributed by atoms with Crippen LogP contribution in [0.5, 0.6) is 0 Å². The lowest BCUT2D eigenvalue weighted by Gasteiger charge is -1.98. The average Bonchev–Trinajstić information content (AvgIpc) is 2.71. The average molecular weight is 225 g/mol. The fourth-order valence-electron chi connectivity index (χ4n) is 0.811. The van der Waals surface area contributed by atoms with Crippen molar-refractivity contribution in [1.82, 2.24) is 10.7 Å². The fourth-order valence-corrected chi connectivity index (χ4v) is 1.40. The number of amides is 2. The van der Waals surface area contributed by atoms with Gasteiger partial charge in [-0.2, -0.15) is 5.10 Å². The molecule has 0 radical (unpaired) electrons. The lowest BCUT2D eigenvalue weighted by atomic mass is 10.5. The predicted molar refractivity (Wildman–Crippen MR) is 58.7 cm³/mol. The van der Waals surface area contributed by atoms with Crippen LogP contribution in [-0.2, 0) is 9.59 Å². The van der Waals surface area contributed by atoms with Crippen LogP contribution in [0.15, 0.2) is 22.6 Å². The molecule has 5 nitrogen and oxygen atoms in total. The maximum atomic E-state index is 11.0. The zero-order chi connectivity index (χ0) is 11.1. The first kappa shape index (κ1) is 11.4. The van der Waals surface area contributed by atoms with Crippen LogP contribution >= 0.6 is 11.3 Å². The Hall–Kier alpha value is -1.69. The van der Waals surface area contributed by atoms with Gasteiger partial charge in [0.15, 0.2) is 0 Å². The molecular formula is C9H11N3O2S. The largest absolute Gasteiger partial charge is 0.348 e. The molecule has 1 heterocycles. The summed E-state index contributed by atoms with van der Waals surface area (Å²) in [5.74, 6) is -1.44. The van der Waals surface area contributed by atoms with Gasteiger partial charge in [0.25, 0.3) is 0 Å². The molecule has 6 heteroatoms. The van der Waals surface area contributed by atoms with E-state index in [1.54, 1.807) is 6.92 Å². The Bertz CT molecular complexity index is 359. The van der Waals surface area contributed by atoms with E-state index in [-0.39, 0.29) is 0 Å². The summed E-state index contributed by atoms with van der Waals surface area (Å²) >= 11 is 1.49. The van der Waals surface area contributed by atoms with E-state index in [0.717, 1.165) is 4.88 Å². The van der Waals surface area contributed by atoms with Gasteiger partial charge in [0.2, 0.25) is 0 Å². The Morgan fingerprint density at radius 3 is 2.93 bits per heavy atom. The van der Waals surface area contributed by atoms with Gasteiger partial charge in [-0.25, -0.2) is 5.43 Å². The lowest BCUT2D eigenvalue weighted by molar-refractivity contribution is -0.139. The van der Waals surface area contributed by atoms with E-state index in [9.17, 15) is 9.59 Å². The first-order valence-electron chi connectivity index (χ1n) is 4.38. The quantitative estimate of drug-likeness (QED) is 0.442. The molecule has 1 rings (SSSR count). The third-order valence-corrected chi connectivity index (χ3v) is 2.25. The van der Waals surface area contributed by atoms with Gasteiger partial charge in [-0.05, 0) is 18.4 Å². The minimum atomic E-state index is -0.760. The maximum absolute atomic E-state index is 11.0. The van der Waals surface area contributed by atoms with Crippen LogP contribution in [0.1, 0.15) is 11.8 Å². The van der Waals surface area contributed by atoms with Gasteiger partial charge < -0.3 is 5.32 Å². The van der Waals surface area contributed by atoms with Crippen molar-refractivity contribution >= 4 is 29.4 Å². The standard InChI is InChI=1S/C9H11N3O2S/c1-2-10-8(13)9(14)12-11-6-7-4-3-5-15-7/h3-6H,2H2,1H3,(H,10,13)(H,12,14). The third-order valence-electron chi connectivity index (χ3n) is 1.44. The van der Waals surface area contributed by atoms with Crippen molar-refractivity contribution < 1.29 is 9.59 Å². The van der Waals surface area contributed by atoms with Crippen molar-refractivity contribution in [2.24, 2.45) is 5.10 Å². The van der Waals surface area contributed by atoms with Crippen LogP contribution in [0, 0.1) is 0 Å². The molecule has 0 spiro atoms. The van der Waals surface area contributed by atoms with E-state index in [1.165, 1.54) is 17.6 Å². The number of hydrogen-bond acceptors (Lipinski definition) is 4. The summed E-state index contributed by atoms with van der Waals surface area (Å²) < 4.78 is 0. The smallest absolute Gasteiger partial charge is 0.329 e. The second kappa shape index (κ2) is 5.92. The van der Waals surface area contributed by atoms with E-state index in [2.05, 4.69) is 15.8 Å². The number of thiophene rings is 1. The molecule has 15 heavy (non-hydrogen) atoms. The third kappa shape index (κ3) is 3.90. The van der Waals surface area contributed by atoms with Gasteiger partial charge in [0.1, 0.15) is 0 Å². The topological polar surface area (TPSA) is 70.6 Å². The van der Waals surface area contributed by atoms with Crippen molar-refractivity contribution in [2.45, 2.75) is 6.92 Å². The van der Waals surface area contributed by atoms with Crippen LogP contribution in [-0.4, -0.2) is 24.6 Å². The molecule has 1 aromatic rings. The normalized spacial score (nSPS) is 10.2. The Kier molecular flexibility index (Phi) is 4.49. The summed E-state index contributed by atoms with van der Waals surface area (Å²) in [5, 5.41) is 7.90. The molecule has 80 valence electrons. The van der Waals surface area contributed by atoms with Gasteiger partial charge in [-0.3, -0.25) is 9.59 Å². The summed E-state index contributed by atoms with van der Waals surface area (Å²) in [5.41, 5.74) is 2.13. The summed E-state index contributed by atoms with van der Waals surface area (Å²) in [6.45, 7) is 2.15. The number of rotatable bonds is 3. The minimum Gasteiger partial charge on any atom is -0.348 e. The molecule has 0 aliphatic heterocycles. The fraction of sp³-hybridized carbons (Fsp3) is 0.222. The SMILES string of the molecule is CCNC(=O)C(=O)NN=Cc1cccs1. The van der Waals surface area contributed by atoms with Crippen molar-refractivity contribution in [3.8, 4) is 0 Å². The van der Waals surface area contributed by atoms with E-state index in [4.69, 9.17) is 0 Å². The van der Waals surface area contributed by atoms with Crippen LogP contribution in [0.4, 0.5) is 0 Å². The summed E-state index contributed by atoms with van der Waals surface area (Å²) in [7, 11) is 0. The highest BCUT2D eigenvalue weighted by Gasteiger charge is 2.09. The van der Waals surface area contributed by atoms with Crippen LogP contribution < -0.4 is 10.7 Å². The monoisotopic (exact) mass is 225 g/mol. The predicted octanol–water partition coefficient (Wildman–Crippen LogP) is 0.334. The molecule has 0 aliphatic rings. The summed E-state index contributed by atoms with van der Waals surface area (Å²) in [6, 6.07) is 3.73. The summed E-state index contributed by atoms with van der Waals surface area (Å²) in [6.07, 6.45) is 1.49. The van der Waals surface area contributed by atoms with Crippen LogP contribution in [0.3, 0.4) is 0 Å². The van der Waals surface area contributed by atoms with Crippen molar-refractivity contribution in [3.05, 3.63) is 22.4 Å². The highest BCUT2D eigenvalue weighted by atomic mass is 32.1. The van der Waals surface area contributed by atoms with E-state index in [0.29, 0.717) is 6.54 Å².